The van der Waals surface area contributed by atoms with E-state index in [4.69, 9.17) is 5.11 Å². The average Bonchev–Trinajstić information content (AvgIpc) is 2.54. The molecule has 0 radical (unpaired) electrons. The van der Waals surface area contributed by atoms with E-state index in [1.54, 1.807) is 5.51 Å². The Morgan fingerprint density at radius 3 is 3.15 bits per heavy atom. The number of aromatic nitrogens is 1. The van der Waals surface area contributed by atoms with Crippen molar-refractivity contribution in [3.8, 4) is 0 Å². The van der Waals surface area contributed by atoms with Crippen LogP contribution in [0, 0.1) is 0 Å². The fourth-order valence-corrected chi connectivity index (χ4v) is 1.73. The Balaban J connectivity index is 2.64. The fourth-order valence-electron chi connectivity index (χ4n) is 0.951. The molecule has 0 saturated carbocycles. The van der Waals surface area contributed by atoms with Crippen molar-refractivity contribution in [2.75, 3.05) is 13.7 Å². The molecular formula is C8H11NO3S. The summed E-state index contributed by atoms with van der Waals surface area (Å²) >= 11 is 1.45. The molecule has 5 heteroatoms. The summed E-state index contributed by atoms with van der Waals surface area (Å²) in [6, 6.07) is 0. The second-order valence-corrected chi connectivity index (χ2v) is 3.39. The zero-order valence-corrected chi connectivity index (χ0v) is 8.13. The molecular weight excluding hydrogens is 190 g/mol. The van der Waals surface area contributed by atoms with Crippen LogP contribution in [0.3, 0.4) is 0 Å². The Morgan fingerprint density at radius 1 is 1.77 bits per heavy atom. The Bertz CT molecular complexity index is 285. The lowest BCUT2D eigenvalue weighted by Gasteiger charge is -1.98. The van der Waals surface area contributed by atoms with Crippen LogP contribution in [0.15, 0.2) is 5.51 Å². The zero-order valence-electron chi connectivity index (χ0n) is 7.32. The van der Waals surface area contributed by atoms with Gasteiger partial charge in [-0.2, -0.15) is 0 Å². The number of methoxy groups -OCH3 is 1. The summed E-state index contributed by atoms with van der Waals surface area (Å²) in [5.41, 5.74) is 2.38. The van der Waals surface area contributed by atoms with Crippen LogP contribution in [0.2, 0.25) is 0 Å². The molecule has 0 spiro atoms. The van der Waals surface area contributed by atoms with Crippen LogP contribution in [0.5, 0.6) is 0 Å². The SMILES string of the molecule is COC(=O)Cc1ncsc1CCO. The molecule has 0 unspecified atom stereocenters. The topological polar surface area (TPSA) is 59.4 Å². The molecule has 0 bridgehead atoms. The highest BCUT2D eigenvalue weighted by molar-refractivity contribution is 7.09. The molecule has 0 aliphatic carbocycles. The molecule has 1 aromatic heterocycles. The first kappa shape index (κ1) is 10.1. The van der Waals surface area contributed by atoms with Crippen LogP contribution in [-0.4, -0.2) is 29.8 Å². The fraction of sp³-hybridized carbons (Fsp3) is 0.500. The summed E-state index contributed by atoms with van der Waals surface area (Å²) in [6.45, 7) is 0.0797. The number of carbonyl (C=O) groups excluding carboxylic acids is 1. The van der Waals surface area contributed by atoms with E-state index in [9.17, 15) is 4.79 Å². The second kappa shape index (κ2) is 4.94. The number of hydrogen-bond donors (Lipinski definition) is 1. The number of esters is 1. The van der Waals surface area contributed by atoms with Gasteiger partial charge < -0.3 is 9.84 Å². The predicted octanol–water partition coefficient (Wildman–Crippen LogP) is 0.393. The van der Waals surface area contributed by atoms with Gasteiger partial charge in [0, 0.05) is 17.9 Å². The third kappa shape index (κ3) is 2.78. The number of nitrogens with zero attached hydrogens (tertiary/aromatic N) is 1. The van der Waals surface area contributed by atoms with Crippen LogP contribution in [-0.2, 0) is 22.4 Å². The normalized spacial score (nSPS) is 10.0. The highest BCUT2D eigenvalue weighted by atomic mass is 32.1. The van der Waals surface area contributed by atoms with Gasteiger partial charge in [0.1, 0.15) is 0 Å². The van der Waals surface area contributed by atoms with Crippen molar-refractivity contribution in [1.82, 2.24) is 4.98 Å². The summed E-state index contributed by atoms with van der Waals surface area (Å²) < 4.78 is 4.52. The quantitative estimate of drug-likeness (QED) is 0.716. The third-order valence-corrected chi connectivity index (χ3v) is 2.54. The summed E-state index contributed by atoms with van der Waals surface area (Å²) in [7, 11) is 1.35. The Hall–Kier alpha value is -0.940. The number of hydrogen-bond acceptors (Lipinski definition) is 5. The summed E-state index contributed by atoms with van der Waals surface area (Å²) in [6.07, 6.45) is 0.742. The van der Waals surface area contributed by atoms with Crippen LogP contribution in [0.1, 0.15) is 10.6 Å². The van der Waals surface area contributed by atoms with E-state index in [-0.39, 0.29) is 19.0 Å². The smallest absolute Gasteiger partial charge is 0.311 e. The average molecular weight is 201 g/mol. The van der Waals surface area contributed by atoms with Crippen LogP contribution in [0.25, 0.3) is 0 Å². The standard InChI is InChI=1S/C8H11NO3S/c1-12-8(11)4-6-7(2-3-10)13-5-9-6/h5,10H,2-4H2,1H3. The maximum absolute atomic E-state index is 10.9. The van der Waals surface area contributed by atoms with Gasteiger partial charge >= 0.3 is 5.97 Å². The minimum Gasteiger partial charge on any atom is -0.469 e. The lowest BCUT2D eigenvalue weighted by atomic mass is 10.2. The summed E-state index contributed by atoms with van der Waals surface area (Å²) in [5.74, 6) is -0.301. The minimum atomic E-state index is -0.301. The molecule has 1 N–H and O–H groups in total. The number of aliphatic hydroxyl groups excluding tert-OH is 1. The number of rotatable bonds is 4. The van der Waals surface area contributed by atoms with Gasteiger partial charge in [-0.3, -0.25) is 4.79 Å². The van der Waals surface area contributed by atoms with Crippen molar-refractivity contribution in [1.29, 1.82) is 0 Å². The van der Waals surface area contributed by atoms with E-state index in [1.165, 1.54) is 18.4 Å². The number of carbonyl (C=O) groups is 1. The minimum absolute atomic E-state index is 0.0797. The van der Waals surface area contributed by atoms with Gasteiger partial charge in [0.05, 0.1) is 24.7 Å². The number of thiazole rings is 1. The largest absolute Gasteiger partial charge is 0.469 e. The van der Waals surface area contributed by atoms with E-state index >= 15 is 0 Å². The monoisotopic (exact) mass is 201 g/mol. The molecule has 0 atom stereocenters. The first-order valence-electron chi connectivity index (χ1n) is 3.87. The van der Waals surface area contributed by atoms with Crippen LogP contribution >= 0.6 is 11.3 Å². The van der Waals surface area contributed by atoms with Crippen molar-refractivity contribution >= 4 is 17.3 Å². The van der Waals surface area contributed by atoms with E-state index in [2.05, 4.69) is 9.72 Å². The Labute approximate surface area is 80.2 Å². The molecule has 1 rings (SSSR count). The molecule has 72 valence electrons. The van der Waals surface area contributed by atoms with E-state index < -0.39 is 0 Å². The van der Waals surface area contributed by atoms with Gasteiger partial charge in [0.15, 0.2) is 0 Å². The van der Waals surface area contributed by atoms with Gasteiger partial charge in [-0.15, -0.1) is 11.3 Å². The van der Waals surface area contributed by atoms with Gasteiger partial charge in [0.2, 0.25) is 0 Å². The van der Waals surface area contributed by atoms with Crippen LogP contribution < -0.4 is 0 Å². The van der Waals surface area contributed by atoms with Gasteiger partial charge in [-0.25, -0.2) is 4.98 Å². The molecule has 0 aromatic carbocycles. The zero-order chi connectivity index (χ0) is 9.68. The van der Waals surface area contributed by atoms with E-state index in [1.807, 2.05) is 0 Å². The van der Waals surface area contributed by atoms with E-state index in [0.29, 0.717) is 12.1 Å². The van der Waals surface area contributed by atoms with Crippen molar-refractivity contribution in [3.63, 3.8) is 0 Å². The van der Waals surface area contributed by atoms with Crippen molar-refractivity contribution in [3.05, 3.63) is 16.1 Å². The lowest BCUT2D eigenvalue weighted by Crippen LogP contribution is -2.06. The maximum atomic E-state index is 10.9. The van der Waals surface area contributed by atoms with Crippen LogP contribution in [0.4, 0.5) is 0 Å². The summed E-state index contributed by atoms with van der Waals surface area (Å²) in [5, 5.41) is 8.72. The summed E-state index contributed by atoms with van der Waals surface area (Å²) in [4.78, 5) is 15.9. The molecule has 1 aromatic rings. The molecule has 0 aliphatic rings. The molecule has 0 aliphatic heterocycles. The molecule has 0 saturated heterocycles. The number of ether oxygens (including phenoxy) is 1. The van der Waals surface area contributed by atoms with Crippen molar-refractivity contribution in [2.45, 2.75) is 12.8 Å². The molecule has 13 heavy (non-hydrogen) atoms. The van der Waals surface area contributed by atoms with Crippen molar-refractivity contribution in [2.24, 2.45) is 0 Å². The predicted molar refractivity (Wildman–Crippen MR) is 48.6 cm³/mol. The first-order chi connectivity index (χ1) is 6.27. The van der Waals surface area contributed by atoms with E-state index in [0.717, 1.165) is 4.88 Å². The van der Waals surface area contributed by atoms with Gasteiger partial charge in [0.25, 0.3) is 0 Å². The third-order valence-electron chi connectivity index (χ3n) is 1.60. The van der Waals surface area contributed by atoms with Gasteiger partial charge in [-0.1, -0.05) is 0 Å². The molecule has 0 fully saturated rings. The Morgan fingerprint density at radius 2 is 2.54 bits per heavy atom. The molecule has 0 amide bonds. The maximum Gasteiger partial charge on any atom is 0.311 e. The number of aliphatic hydroxyl groups is 1. The van der Waals surface area contributed by atoms with Gasteiger partial charge in [-0.05, 0) is 0 Å². The van der Waals surface area contributed by atoms with Crippen molar-refractivity contribution < 1.29 is 14.6 Å². The Kier molecular flexibility index (Phi) is 3.85. The highest BCUT2D eigenvalue weighted by Gasteiger charge is 2.10. The highest BCUT2D eigenvalue weighted by Crippen LogP contribution is 2.14. The first-order valence-corrected chi connectivity index (χ1v) is 4.74. The lowest BCUT2D eigenvalue weighted by molar-refractivity contribution is -0.139. The second-order valence-electron chi connectivity index (χ2n) is 2.45. The molecule has 4 nitrogen and oxygen atoms in total. The molecule has 1 heterocycles.